The Kier molecular flexibility index (Phi) is 4.47. The Hall–Kier alpha value is -3.40. The second-order valence-corrected chi connectivity index (χ2v) is 6.68. The summed E-state index contributed by atoms with van der Waals surface area (Å²) >= 11 is 0. The maximum Gasteiger partial charge on any atom is 0.277 e. The lowest BCUT2D eigenvalue weighted by Gasteiger charge is -2.05. The zero-order valence-electron chi connectivity index (χ0n) is 15.9. The topological polar surface area (TPSA) is 24.5 Å². The van der Waals surface area contributed by atoms with Crippen LogP contribution in [0.2, 0.25) is 0 Å². The van der Waals surface area contributed by atoms with Gasteiger partial charge in [0, 0.05) is 48.2 Å². The number of rotatable bonds is 3. The van der Waals surface area contributed by atoms with Crippen molar-refractivity contribution < 1.29 is 13.7 Å². The molecule has 4 heteroatoms. The molecule has 4 aromatic rings. The van der Waals surface area contributed by atoms with Gasteiger partial charge in [-0.25, -0.2) is 0 Å². The van der Waals surface area contributed by atoms with E-state index in [-0.39, 0.29) is 0 Å². The molecule has 0 saturated heterocycles. The highest BCUT2D eigenvalue weighted by molar-refractivity contribution is 5.64. The molecule has 0 N–H and O–H groups in total. The normalized spacial score (nSPS) is 10.8. The molecule has 4 rings (SSSR count). The van der Waals surface area contributed by atoms with Gasteiger partial charge >= 0.3 is 0 Å². The van der Waals surface area contributed by atoms with E-state index in [1.807, 2.05) is 30.5 Å². The molecule has 0 amide bonds. The SMILES string of the molecule is C[n+]1ccccc1-c1cccc(-c2cc(-c3ccccn3)cc[n+]2C)[n+]1C. The maximum atomic E-state index is 4.49. The number of aromatic nitrogens is 4. The van der Waals surface area contributed by atoms with Crippen LogP contribution in [0.5, 0.6) is 0 Å². The molecule has 0 bridgehead atoms. The van der Waals surface area contributed by atoms with Crippen molar-refractivity contribution in [2.75, 3.05) is 0 Å². The average molecular weight is 355 g/mol. The molecule has 0 atom stereocenters. The van der Waals surface area contributed by atoms with E-state index in [9.17, 15) is 0 Å². The highest BCUT2D eigenvalue weighted by atomic mass is 15.0. The summed E-state index contributed by atoms with van der Waals surface area (Å²) in [6.45, 7) is 0. The van der Waals surface area contributed by atoms with Crippen molar-refractivity contribution in [2.24, 2.45) is 21.1 Å². The van der Waals surface area contributed by atoms with E-state index in [0.717, 1.165) is 22.6 Å². The van der Waals surface area contributed by atoms with Crippen LogP contribution in [0.4, 0.5) is 0 Å². The molecule has 0 spiro atoms. The largest absolute Gasteiger partial charge is 0.277 e. The molecule has 0 saturated carbocycles. The maximum absolute atomic E-state index is 4.49. The molecule has 0 radical (unpaired) electrons. The standard InChI is InChI=1S/C23H23N4/c1-25-15-7-5-10-20(25)21-11-8-12-22(27(21)3)23-17-18(13-16-26(23)2)19-9-4-6-14-24-19/h4-17H,1-3H3/q+3. The van der Waals surface area contributed by atoms with Gasteiger partial charge in [0.2, 0.25) is 0 Å². The van der Waals surface area contributed by atoms with Gasteiger partial charge in [-0.05, 0) is 24.3 Å². The Balaban J connectivity index is 1.88. The van der Waals surface area contributed by atoms with Crippen LogP contribution < -0.4 is 13.7 Å². The van der Waals surface area contributed by atoms with Gasteiger partial charge in [0.25, 0.3) is 22.8 Å². The van der Waals surface area contributed by atoms with E-state index in [2.05, 4.69) is 94.7 Å². The molecule has 0 fully saturated rings. The molecule has 4 aromatic heterocycles. The van der Waals surface area contributed by atoms with Crippen LogP contribution in [-0.2, 0) is 21.1 Å². The highest BCUT2D eigenvalue weighted by Gasteiger charge is 2.26. The fourth-order valence-electron chi connectivity index (χ4n) is 3.40. The number of aryl methyl sites for hydroxylation is 2. The van der Waals surface area contributed by atoms with Gasteiger partial charge in [-0.1, -0.05) is 6.07 Å². The van der Waals surface area contributed by atoms with Gasteiger partial charge in [0.05, 0.1) is 5.69 Å². The van der Waals surface area contributed by atoms with Crippen molar-refractivity contribution in [3.63, 3.8) is 0 Å². The van der Waals surface area contributed by atoms with Crippen LogP contribution in [0.25, 0.3) is 34.0 Å². The molecular formula is C23H23N4+3. The van der Waals surface area contributed by atoms with Crippen LogP contribution in [0.1, 0.15) is 0 Å². The van der Waals surface area contributed by atoms with Crippen molar-refractivity contribution in [1.29, 1.82) is 0 Å². The Morgan fingerprint density at radius 1 is 0.630 bits per heavy atom. The molecule has 0 aromatic carbocycles. The number of hydrogen-bond donors (Lipinski definition) is 0. The summed E-state index contributed by atoms with van der Waals surface area (Å²) < 4.78 is 6.53. The number of hydrogen-bond acceptors (Lipinski definition) is 1. The smallest absolute Gasteiger partial charge is 0.256 e. The van der Waals surface area contributed by atoms with Gasteiger partial charge in [0.15, 0.2) is 12.4 Å². The summed E-state index contributed by atoms with van der Waals surface area (Å²) in [4.78, 5) is 4.49. The van der Waals surface area contributed by atoms with E-state index < -0.39 is 0 Å². The van der Waals surface area contributed by atoms with E-state index in [1.54, 1.807) is 0 Å². The first kappa shape index (κ1) is 17.0. The second kappa shape index (κ2) is 7.08. The van der Waals surface area contributed by atoms with Crippen molar-refractivity contribution in [1.82, 2.24) is 4.98 Å². The van der Waals surface area contributed by atoms with E-state index in [1.165, 1.54) is 11.4 Å². The van der Waals surface area contributed by atoms with E-state index in [4.69, 9.17) is 0 Å². The summed E-state index contributed by atoms with van der Waals surface area (Å²) in [5.41, 5.74) is 6.72. The van der Waals surface area contributed by atoms with Gasteiger partial charge in [0.1, 0.15) is 21.1 Å². The fraction of sp³-hybridized carbons (Fsp3) is 0.130. The molecule has 4 heterocycles. The third kappa shape index (κ3) is 3.22. The summed E-state index contributed by atoms with van der Waals surface area (Å²) in [7, 11) is 6.27. The lowest BCUT2D eigenvalue weighted by molar-refractivity contribution is -0.697. The fourth-order valence-corrected chi connectivity index (χ4v) is 3.40. The number of pyridine rings is 4. The number of nitrogens with zero attached hydrogens (tertiary/aromatic N) is 4. The highest BCUT2D eigenvalue weighted by Crippen LogP contribution is 2.21. The minimum Gasteiger partial charge on any atom is -0.256 e. The van der Waals surface area contributed by atoms with Gasteiger partial charge in [-0.3, -0.25) is 4.98 Å². The van der Waals surface area contributed by atoms with Crippen LogP contribution >= 0.6 is 0 Å². The van der Waals surface area contributed by atoms with Gasteiger partial charge in [-0.15, -0.1) is 0 Å². The van der Waals surface area contributed by atoms with Crippen molar-refractivity contribution in [3.8, 4) is 34.0 Å². The van der Waals surface area contributed by atoms with Gasteiger partial charge in [-0.2, -0.15) is 13.7 Å². The van der Waals surface area contributed by atoms with Crippen molar-refractivity contribution in [3.05, 3.63) is 85.3 Å². The zero-order valence-corrected chi connectivity index (χ0v) is 15.9. The quantitative estimate of drug-likeness (QED) is 0.519. The third-order valence-corrected chi connectivity index (χ3v) is 4.92. The predicted octanol–water partition coefficient (Wildman–Crippen LogP) is 2.56. The van der Waals surface area contributed by atoms with Crippen LogP contribution in [0.3, 0.4) is 0 Å². The molecule has 0 aliphatic heterocycles. The average Bonchev–Trinajstić information content (AvgIpc) is 2.70. The first-order valence-corrected chi connectivity index (χ1v) is 9.00. The molecule has 132 valence electrons. The zero-order chi connectivity index (χ0) is 18.8. The molecular weight excluding hydrogens is 332 g/mol. The first-order chi connectivity index (χ1) is 13.1. The monoisotopic (exact) mass is 355 g/mol. The minimum atomic E-state index is 0.979. The van der Waals surface area contributed by atoms with E-state index in [0.29, 0.717) is 0 Å². The Bertz CT molecular complexity index is 1100. The van der Waals surface area contributed by atoms with Crippen LogP contribution in [0.15, 0.2) is 85.3 Å². The molecule has 0 aliphatic rings. The van der Waals surface area contributed by atoms with Gasteiger partial charge < -0.3 is 0 Å². The Morgan fingerprint density at radius 2 is 1.33 bits per heavy atom. The minimum absolute atomic E-state index is 0.979. The molecule has 27 heavy (non-hydrogen) atoms. The van der Waals surface area contributed by atoms with Crippen molar-refractivity contribution in [2.45, 2.75) is 0 Å². The first-order valence-electron chi connectivity index (χ1n) is 9.00. The molecule has 0 aliphatic carbocycles. The summed E-state index contributed by atoms with van der Waals surface area (Å²) in [6.07, 6.45) is 6.00. The second-order valence-electron chi connectivity index (χ2n) is 6.68. The summed E-state index contributed by atoms with van der Waals surface area (Å²) in [5, 5.41) is 0. The Labute approximate surface area is 159 Å². The molecule has 4 nitrogen and oxygen atoms in total. The Morgan fingerprint density at radius 3 is 2.07 bits per heavy atom. The third-order valence-electron chi connectivity index (χ3n) is 4.92. The predicted molar refractivity (Wildman–Crippen MR) is 104 cm³/mol. The summed E-state index contributed by atoms with van der Waals surface area (Å²) in [5.74, 6) is 0. The molecule has 0 unspecified atom stereocenters. The van der Waals surface area contributed by atoms with Crippen molar-refractivity contribution >= 4 is 0 Å². The summed E-state index contributed by atoms with van der Waals surface area (Å²) in [6, 6.07) is 23.0. The van der Waals surface area contributed by atoms with E-state index >= 15 is 0 Å². The lowest BCUT2D eigenvalue weighted by Crippen LogP contribution is -2.42. The lowest BCUT2D eigenvalue weighted by atomic mass is 10.1. The van der Waals surface area contributed by atoms with Crippen LogP contribution in [-0.4, -0.2) is 4.98 Å². The van der Waals surface area contributed by atoms with Crippen LogP contribution in [0, 0.1) is 0 Å².